The normalized spacial score (nSPS) is 25.7. The number of benzene rings is 2. The van der Waals surface area contributed by atoms with E-state index in [-0.39, 0.29) is 40.9 Å². The molecule has 4 rings (SSSR count). The number of ether oxygens (including phenoxy) is 2. The van der Waals surface area contributed by atoms with E-state index in [9.17, 15) is 13.2 Å². The van der Waals surface area contributed by atoms with Crippen molar-refractivity contribution in [2.24, 2.45) is 5.92 Å². The van der Waals surface area contributed by atoms with Gasteiger partial charge in [0.15, 0.2) is 23.3 Å². The largest absolute Gasteiger partial charge is 0.374 e. The van der Waals surface area contributed by atoms with Crippen LogP contribution in [-0.2, 0) is 9.47 Å². The van der Waals surface area contributed by atoms with Gasteiger partial charge in [-0.25, -0.2) is 17.6 Å². The van der Waals surface area contributed by atoms with Gasteiger partial charge in [0, 0.05) is 22.6 Å². The van der Waals surface area contributed by atoms with Crippen molar-refractivity contribution in [3.05, 3.63) is 71.3 Å². The highest BCUT2D eigenvalue weighted by molar-refractivity contribution is 5.66. The van der Waals surface area contributed by atoms with E-state index in [1.165, 1.54) is 24.3 Å². The van der Waals surface area contributed by atoms with Crippen LogP contribution in [0.5, 0.6) is 0 Å². The molecule has 2 aliphatic rings. The van der Waals surface area contributed by atoms with Crippen molar-refractivity contribution in [3.63, 3.8) is 0 Å². The van der Waals surface area contributed by atoms with Gasteiger partial charge >= 0.3 is 0 Å². The minimum absolute atomic E-state index is 0.0882. The topological polar surface area (TPSA) is 18.5 Å². The third-order valence-electron chi connectivity index (χ3n) is 6.94. The maximum absolute atomic E-state index is 15.0. The Morgan fingerprint density at radius 1 is 0.818 bits per heavy atom. The zero-order valence-corrected chi connectivity index (χ0v) is 18.9. The summed E-state index contributed by atoms with van der Waals surface area (Å²) in [6.45, 7) is 6.56. The van der Waals surface area contributed by atoms with Gasteiger partial charge in [-0.2, -0.15) is 0 Å². The summed E-state index contributed by atoms with van der Waals surface area (Å²) in [5, 5.41) is 0. The van der Waals surface area contributed by atoms with Gasteiger partial charge < -0.3 is 9.47 Å². The molecule has 0 amide bonds. The predicted octanol–water partition coefficient (Wildman–Crippen LogP) is 7.63. The molecule has 6 heteroatoms. The van der Waals surface area contributed by atoms with Crippen LogP contribution in [0.4, 0.5) is 17.6 Å². The predicted molar refractivity (Wildman–Crippen MR) is 120 cm³/mol. The van der Waals surface area contributed by atoms with Crippen molar-refractivity contribution >= 4 is 0 Å². The van der Waals surface area contributed by atoms with Gasteiger partial charge in [0.05, 0.1) is 25.4 Å². The molecule has 4 unspecified atom stereocenters. The monoisotopic (exact) mass is 462 g/mol. The first kappa shape index (κ1) is 24.0. The molecule has 2 aromatic carbocycles. The first-order chi connectivity index (χ1) is 15.9. The van der Waals surface area contributed by atoms with E-state index in [0.717, 1.165) is 19.3 Å². The summed E-state index contributed by atoms with van der Waals surface area (Å²) in [6.07, 6.45) is 5.97. The molecule has 4 atom stereocenters. The smallest absolute Gasteiger partial charge is 0.167 e. The maximum Gasteiger partial charge on any atom is 0.167 e. The summed E-state index contributed by atoms with van der Waals surface area (Å²) in [5.41, 5.74) is -0.286. The number of rotatable bonds is 6. The van der Waals surface area contributed by atoms with E-state index >= 15 is 4.39 Å². The average molecular weight is 463 g/mol. The van der Waals surface area contributed by atoms with Crippen LogP contribution in [0.2, 0.25) is 0 Å². The van der Waals surface area contributed by atoms with Gasteiger partial charge in [-0.15, -0.1) is 6.58 Å². The molecule has 0 spiro atoms. The minimum Gasteiger partial charge on any atom is -0.374 e. The highest BCUT2D eigenvalue weighted by Crippen LogP contribution is 2.39. The lowest BCUT2D eigenvalue weighted by atomic mass is 9.88. The second-order valence-corrected chi connectivity index (χ2v) is 9.10. The second kappa shape index (κ2) is 10.4. The molecule has 33 heavy (non-hydrogen) atoms. The van der Waals surface area contributed by atoms with Crippen LogP contribution in [0.25, 0.3) is 11.1 Å². The Morgan fingerprint density at radius 2 is 1.48 bits per heavy atom. The second-order valence-electron chi connectivity index (χ2n) is 9.10. The molecule has 0 aliphatic carbocycles. The quantitative estimate of drug-likeness (QED) is 0.325. The van der Waals surface area contributed by atoms with Crippen LogP contribution in [-0.4, -0.2) is 19.3 Å². The Morgan fingerprint density at radius 3 is 2.03 bits per heavy atom. The Labute approximate surface area is 192 Å². The van der Waals surface area contributed by atoms with E-state index in [0.29, 0.717) is 31.8 Å². The fraction of sp³-hybridized carbons (Fsp3) is 0.481. The van der Waals surface area contributed by atoms with Crippen LogP contribution in [0.1, 0.15) is 68.6 Å². The summed E-state index contributed by atoms with van der Waals surface area (Å²) >= 11 is 0. The van der Waals surface area contributed by atoms with Gasteiger partial charge in [0.25, 0.3) is 0 Å². The fourth-order valence-corrected chi connectivity index (χ4v) is 5.00. The molecule has 2 nitrogen and oxygen atoms in total. The number of hydrogen-bond donors (Lipinski definition) is 0. The van der Waals surface area contributed by atoms with Gasteiger partial charge in [-0.05, 0) is 43.6 Å². The van der Waals surface area contributed by atoms with Crippen molar-refractivity contribution in [2.45, 2.75) is 63.6 Å². The summed E-state index contributed by atoms with van der Waals surface area (Å²) in [4.78, 5) is 0. The van der Waals surface area contributed by atoms with E-state index in [2.05, 4.69) is 13.5 Å². The summed E-state index contributed by atoms with van der Waals surface area (Å²) in [6, 6.07) is 5.50. The highest BCUT2D eigenvalue weighted by Gasteiger charge is 2.29. The molecule has 0 bridgehead atoms. The molecule has 178 valence electrons. The first-order valence-corrected chi connectivity index (χ1v) is 11.8. The van der Waals surface area contributed by atoms with E-state index < -0.39 is 29.4 Å². The van der Waals surface area contributed by atoms with Crippen LogP contribution >= 0.6 is 0 Å². The molecule has 0 N–H and O–H groups in total. The molecule has 0 radical (unpaired) electrons. The SMILES string of the molecule is C=CC1CCC(c2ccc(-c3ccc(C4CCC(CCC)CO4)c(F)c3F)c(F)c2F)CO1. The summed E-state index contributed by atoms with van der Waals surface area (Å²) in [5.74, 6) is -4.33. The molecule has 0 saturated carbocycles. The van der Waals surface area contributed by atoms with E-state index in [1.807, 2.05) is 0 Å². The highest BCUT2D eigenvalue weighted by atomic mass is 19.2. The molecule has 0 aromatic heterocycles. The van der Waals surface area contributed by atoms with Crippen LogP contribution in [0, 0.1) is 29.2 Å². The molecule has 2 aliphatic heterocycles. The lowest BCUT2D eigenvalue weighted by Crippen LogP contribution is -2.23. The van der Waals surface area contributed by atoms with Crippen LogP contribution in [0.3, 0.4) is 0 Å². The molecule has 2 fully saturated rings. The van der Waals surface area contributed by atoms with Gasteiger partial charge in [0.1, 0.15) is 0 Å². The standard InChI is InChI=1S/C27H30F4O2/c1-3-5-16-6-13-23(33-14-16)22-12-11-21(26(30)27(22)31)20-10-9-19(24(28)25(20)29)17-7-8-18(4-2)32-15-17/h4,9-12,16-18,23H,2-3,5-8,13-15H2,1H3. The molecule has 2 aromatic rings. The lowest BCUT2D eigenvalue weighted by Gasteiger charge is -2.29. The summed E-state index contributed by atoms with van der Waals surface area (Å²) in [7, 11) is 0. The fourth-order valence-electron chi connectivity index (χ4n) is 5.00. The van der Waals surface area contributed by atoms with Crippen LogP contribution < -0.4 is 0 Å². The third kappa shape index (κ3) is 4.87. The van der Waals surface area contributed by atoms with Crippen molar-refractivity contribution in [1.29, 1.82) is 0 Å². The van der Waals surface area contributed by atoms with Gasteiger partial charge in [-0.3, -0.25) is 0 Å². The first-order valence-electron chi connectivity index (χ1n) is 11.8. The minimum atomic E-state index is -1.19. The molecular formula is C27H30F4O2. The van der Waals surface area contributed by atoms with Crippen molar-refractivity contribution in [3.8, 4) is 11.1 Å². The third-order valence-corrected chi connectivity index (χ3v) is 6.94. The van der Waals surface area contributed by atoms with E-state index in [4.69, 9.17) is 9.47 Å². The zero-order chi connectivity index (χ0) is 23.5. The Hall–Kier alpha value is -2.18. The average Bonchev–Trinajstić information content (AvgIpc) is 2.84. The van der Waals surface area contributed by atoms with Crippen molar-refractivity contribution in [2.75, 3.05) is 13.2 Å². The van der Waals surface area contributed by atoms with Crippen LogP contribution in [0.15, 0.2) is 36.9 Å². The Balaban J connectivity index is 1.56. The summed E-state index contributed by atoms with van der Waals surface area (Å²) < 4.78 is 71.3. The Kier molecular flexibility index (Phi) is 7.55. The molecular weight excluding hydrogens is 432 g/mol. The number of halogens is 4. The number of hydrogen-bond acceptors (Lipinski definition) is 2. The Bertz CT molecular complexity index is 990. The lowest BCUT2D eigenvalue weighted by molar-refractivity contribution is -0.0214. The molecule has 2 saturated heterocycles. The van der Waals surface area contributed by atoms with Crippen molar-refractivity contribution in [1.82, 2.24) is 0 Å². The van der Waals surface area contributed by atoms with Crippen molar-refractivity contribution < 1.29 is 27.0 Å². The van der Waals surface area contributed by atoms with Gasteiger partial charge in [0.2, 0.25) is 0 Å². The zero-order valence-electron chi connectivity index (χ0n) is 18.9. The van der Waals surface area contributed by atoms with E-state index in [1.54, 1.807) is 6.08 Å². The molecule has 2 heterocycles. The maximum atomic E-state index is 15.0. The van der Waals surface area contributed by atoms with Gasteiger partial charge in [-0.1, -0.05) is 43.7 Å².